The number of rotatable bonds is 1. The van der Waals surface area contributed by atoms with Crippen LogP contribution in [0.2, 0.25) is 5.02 Å². The van der Waals surface area contributed by atoms with Crippen LogP contribution in [0.5, 0.6) is 0 Å². The number of hydrogen-bond donors (Lipinski definition) is 0. The quantitative estimate of drug-likeness (QED) is 0.583. The summed E-state index contributed by atoms with van der Waals surface area (Å²) in [6, 6.07) is 6.11. The zero-order chi connectivity index (χ0) is 7.56. The molecule has 1 rings (SSSR count). The van der Waals surface area contributed by atoms with Crippen molar-refractivity contribution in [2.45, 2.75) is 20.3 Å². The summed E-state index contributed by atoms with van der Waals surface area (Å²) in [6.45, 7) is 4.19. The highest BCUT2D eigenvalue weighted by atomic mass is 35.5. The minimum absolute atomic E-state index is 0.883. The average Bonchev–Trinajstić information content (AvgIpc) is 1.94. The maximum atomic E-state index is 5.90. The molecule has 0 bridgehead atoms. The number of benzene rings is 1. The van der Waals surface area contributed by atoms with Crippen LogP contribution in [0.1, 0.15) is 18.1 Å². The normalized spacial score (nSPS) is 9.90. The van der Waals surface area contributed by atoms with Gasteiger partial charge in [-0.25, -0.2) is 0 Å². The summed E-state index contributed by atoms with van der Waals surface area (Å²) in [5, 5.41) is 0.883. The zero-order valence-electron chi connectivity index (χ0n) is 6.32. The molecular weight excluding hydrogens is 144 g/mol. The van der Waals surface area contributed by atoms with Gasteiger partial charge >= 0.3 is 0 Å². The molecule has 0 amide bonds. The fourth-order valence-electron chi connectivity index (χ4n) is 0.974. The van der Waals surface area contributed by atoms with Crippen LogP contribution < -0.4 is 0 Å². The first-order chi connectivity index (χ1) is 4.74. The Bertz CT molecular complexity index is 228. The van der Waals surface area contributed by atoms with Crippen molar-refractivity contribution >= 4 is 11.6 Å². The molecule has 0 aliphatic carbocycles. The van der Waals surface area contributed by atoms with Gasteiger partial charge in [-0.3, -0.25) is 0 Å². The lowest BCUT2D eigenvalue weighted by Crippen LogP contribution is -1.82. The van der Waals surface area contributed by atoms with Crippen LogP contribution in [0, 0.1) is 6.92 Å². The van der Waals surface area contributed by atoms with Crippen molar-refractivity contribution in [3.8, 4) is 0 Å². The summed E-state index contributed by atoms with van der Waals surface area (Å²) >= 11 is 5.90. The average molecular weight is 155 g/mol. The monoisotopic (exact) mass is 154 g/mol. The summed E-state index contributed by atoms with van der Waals surface area (Å²) < 4.78 is 0. The van der Waals surface area contributed by atoms with Crippen LogP contribution in [-0.2, 0) is 6.42 Å². The van der Waals surface area contributed by atoms with E-state index in [1.54, 1.807) is 0 Å². The van der Waals surface area contributed by atoms with Crippen molar-refractivity contribution < 1.29 is 0 Å². The van der Waals surface area contributed by atoms with E-state index in [9.17, 15) is 0 Å². The van der Waals surface area contributed by atoms with Crippen molar-refractivity contribution in [1.82, 2.24) is 0 Å². The van der Waals surface area contributed by atoms with Crippen LogP contribution in [0.25, 0.3) is 0 Å². The van der Waals surface area contributed by atoms with E-state index in [0.29, 0.717) is 0 Å². The van der Waals surface area contributed by atoms with Gasteiger partial charge in [0.25, 0.3) is 0 Å². The first kappa shape index (κ1) is 7.62. The molecular formula is C9H11Cl. The topological polar surface area (TPSA) is 0 Å². The lowest BCUT2D eigenvalue weighted by atomic mass is 10.1. The Morgan fingerprint density at radius 3 is 2.60 bits per heavy atom. The highest BCUT2D eigenvalue weighted by Gasteiger charge is 1.95. The second kappa shape index (κ2) is 3.07. The molecule has 1 aromatic rings. The Hall–Kier alpha value is -0.490. The van der Waals surface area contributed by atoms with Crippen molar-refractivity contribution in [3.05, 3.63) is 34.3 Å². The molecule has 54 valence electrons. The van der Waals surface area contributed by atoms with Crippen molar-refractivity contribution in [1.29, 1.82) is 0 Å². The zero-order valence-corrected chi connectivity index (χ0v) is 7.07. The lowest BCUT2D eigenvalue weighted by Gasteiger charge is -2.00. The molecule has 0 nitrogen and oxygen atoms in total. The van der Waals surface area contributed by atoms with E-state index < -0.39 is 0 Å². The van der Waals surface area contributed by atoms with Crippen LogP contribution >= 0.6 is 11.6 Å². The molecule has 0 radical (unpaired) electrons. The molecule has 0 aliphatic heterocycles. The molecule has 0 aliphatic rings. The highest BCUT2D eigenvalue weighted by molar-refractivity contribution is 6.31. The largest absolute Gasteiger partial charge is 0.0840 e. The van der Waals surface area contributed by atoms with Gasteiger partial charge < -0.3 is 0 Å². The third-order valence-corrected chi connectivity index (χ3v) is 1.95. The fourth-order valence-corrected chi connectivity index (χ4v) is 1.23. The predicted octanol–water partition coefficient (Wildman–Crippen LogP) is 3.21. The molecule has 0 heterocycles. The van der Waals surface area contributed by atoms with E-state index in [-0.39, 0.29) is 0 Å². The predicted molar refractivity (Wildman–Crippen MR) is 45.6 cm³/mol. The first-order valence-electron chi connectivity index (χ1n) is 3.49. The second-order valence-corrected chi connectivity index (χ2v) is 2.86. The molecule has 0 atom stereocenters. The van der Waals surface area contributed by atoms with Crippen molar-refractivity contribution in [3.63, 3.8) is 0 Å². The summed E-state index contributed by atoms with van der Waals surface area (Å²) in [5.41, 5.74) is 2.52. The maximum Gasteiger partial charge on any atom is 0.0438 e. The van der Waals surface area contributed by atoms with E-state index in [2.05, 4.69) is 19.9 Å². The van der Waals surface area contributed by atoms with Crippen molar-refractivity contribution in [2.75, 3.05) is 0 Å². The molecule has 1 aromatic carbocycles. The maximum absolute atomic E-state index is 5.90. The third-order valence-electron chi connectivity index (χ3n) is 1.58. The molecule has 10 heavy (non-hydrogen) atoms. The van der Waals surface area contributed by atoms with Crippen LogP contribution in [0.4, 0.5) is 0 Å². The number of aryl methyl sites for hydroxylation is 2. The molecule has 0 unspecified atom stereocenters. The van der Waals surface area contributed by atoms with Gasteiger partial charge in [0.1, 0.15) is 0 Å². The summed E-state index contributed by atoms with van der Waals surface area (Å²) in [5.74, 6) is 0. The van der Waals surface area contributed by atoms with Gasteiger partial charge in [-0.15, -0.1) is 0 Å². The number of hydrogen-bond acceptors (Lipinski definition) is 0. The Kier molecular flexibility index (Phi) is 2.34. The smallest absolute Gasteiger partial charge is 0.0438 e. The van der Waals surface area contributed by atoms with E-state index in [0.717, 1.165) is 11.4 Å². The van der Waals surface area contributed by atoms with E-state index in [4.69, 9.17) is 11.6 Å². The van der Waals surface area contributed by atoms with Crippen molar-refractivity contribution in [2.24, 2.45) is 0 Å². The summed E-state index contributed by atoms with van der Waals surface area (Å²) in [6.07, 6.45) is 1.01. The Morgan fingerprint density at radius 1 is 1.40 bits per heavy atom. The van der Waals surface area contributed by atoms with E-state index in [1.807, 2.05) is 12.1 Å². The van der Waals surface area contributed by atoms with Crippen LogP contribution in [-0.4, -0.2) is 0 Å². The van der Waals surface area contributed by atoms with E-state index >= 15 is 0 Å². The Labute approximate surface area is 66.8 Å². The fraction of sp³-hybridized carbons (Fsp3) is 0.333. The van der Waals surface area contributed by atoms with Gasteiger partial charge in [0.05, 0.1) is 0 Å². The summed E-state index contributed by atoms with van der Waals surface area (Å²) in [4.78, 5) is 0. The second-order valence-electron chi connectivity index (χ2n) is 2.45. The highest BCUT2D eigenvalue weighted by Crippen LogP contribution is 2.17. The molecule has 0 saturated carbocycles. The Morgan fingerprint density at radius 2 is 2.10 bits per heavy atom. The first-order valence-corrected chi connectivity index (χ1v) is 3.87. The van der Waals surface area contributed by atoms with Gasteiger partial charge in [0.15, 0.2) is 0 Å². The summed E-state index contributed by atoms with van der Waals surface area (Å²) in [7, 11) is 0. The van der Waals surface area contributed by atoms with Gasteiger partial charge in [0.2, 0.25) is 0 Å². The lowest BCUT2D eigenvalue weighted by molar-refractivity contribution is 1.13. The number of halogens is 1. The molecule has 0 saturated heterocycles. The molecule has 0 aromatic heterocycles. The SMILES string of the molecule is CCc1cc(C)ccc1Cl. The van der Waals surface area contributed by atoms with Gasteiger partial charge in [-0.2, -0.15) is 0 Å². The Balaban J connectivity index is 3.09. The minimum atomic E-state index is 0.883. The van der Waals surface area contributed by atoms with Gasteiger partial charge in [-0.05, 0) is 25.0 Å². The van der Waals surface area contributed by atoms with E-state index in [1.165, 1.54) is 11.1 Å². The standard InChI is InChI=1S/C9H11Cl/c1-3-8-6-7(2)4-5-9(8)10/h4-6H,3H2,1-2H3. The van der Waals surface area contributed by atoms with Crippen LogP contribution in [0.15, 0.2) is 18.2 Å². The molecule has 1 heteroatoms. The molecule has 0 fully saturated rings. The van der Waals surface area contributed by atoms with Gasteiger partial charge in [0, 0.05) is 5.02 Å². The van der Waals surface area contributed by atoms with Crippen LogP contribution in [0.3, 0.4) is 0 Å². The molecule has 0 N–H and O–H groups in total. The third kappa shape index (κ3) is 1.51. The van der Waals surface area contributed by atoms with Gasteiger partial charge in [-0.1, -0.05) is 36.2 Å². The molecule has 0 spiro atoms. The minimum Gasteiger partial charge on any atom is -0.0840 e.